The molecule has 0 aromatic rings. The van der Waals surface area contributed by atoms with Crippen LogP contribution in [0.4, 0.5) is 0 Å². The minimum atomic E-state index is 0.576. The molecule has 3 heterocycles. The lowest BCUT2D eigenvalue weighted by atomic mass is 9.89. The van der Waals surface area contributed by atoms with Gasteiger partial charge in [-0.1, -0.05) is 0 Å². The maximum absolute atomic E-state index is 5.87. The molecule has 3 nitrogen and oxygen atoms in total. The van der Waals surface area contributed by atoms with Gasteiger partial charge in [-0.2, -0.15) is 0 Å². The van der Waals surface area contributed by atoms with Crippen LogP contribution in [0.5, 0.6) is 0 Å². The molecule has 0 radical (unpaired) electrons. The molecule has 0 saturated carbocycles. The van der Waals surface area contributed by atoms with Crippen LogP contribution in [-0.4, -0.2) is 38.5 Å². The van der Waals surface area contributed by atoms with Gasteiger partial charge in [-0.3, -0.25) is 0 Å². The van der Waals surface area contributed by atoms with E-state index in [-0.39, 0.29) is 0 Å². The van der Waals surface area contributed by atoms with Crippen LogP contribution < -0.4 is 5.32 Å². The van der Waals surface area contributed by atoms with E-state index in [2.05, 4.69) is 5.32 Å². The maximum atomic E-state index is 5.87. The topological polar surface area (TPSA) is 30.5 Å². The third-order valence-corrected chi connectivity index (χ3v) is 4.41. The van der Waals surface area contributed by atoms with Crippen molar-refractivity contribution < 1.29 is 9.47 Å². The van der Waals surface area contributed by atoms with E-state index in [1.54, 1.807) is 0 Å². The van der Waals surface area contributed by atoms with E-state index < -0.39 is 0 Å². The lowest BCUT2D eigenvalue weighted by Gasteiger charge is -2.24. The molecule has 3 saturated heterocycles. The quantitative estimate of drug-likeness (QED) is 0.788. The minimum absolute atomic E-state index is 0.576. The van der Waals surface area contributed by atoms with Crippen LogP contribution in [0.2, 0.25) is 0 Å². The van der Waals surface area contributed by atoms with Crippen molar-refractivity contribution in [3.05, 3.63) is 0 Å². The summed E-state index contributed by atoms with van der Waals surface area (Å²) in [7, 11) is 0. The van der Waals surface area contributed by atoms with E-state index in [1.807, 2.05) is 0 Å². The van der Waals surface area contributed by atoms with Crippen LogP contribution in [0.3, 0.4) is 0 Å². The van der Waals surface area contributed by atoms with Crippen molar-refractivity contribution >= 4 is 0 Å². The zero-order valence-electron chi connectivity index (χ0n) is 9.99. The van der Waals surface area contributed by atoms with Crippen LogP contribution in [-0.2, 0) is 9.47 Å². The highest BCUT2D eigenvalue weighted by molar-refractivity contribution is 4.90. The fourth-order valence-corrected chi connectivity index (χ4v) is 3.38. The standard InChI is InChI=1S/C13H23NO2/c1-2-13-11(7-12(1)16-13)9-14-8-10-3-5-15-6-4-10/h10-14H,1-9H2. The van der Waals surface area contributed by atoms with E-state index in [9.17, 15) is 0 Å². The smallest absolute Gasteiger partial charge is 0.0621 e. The van der Waals surface area contributed by atoms with Crippen molar-refractivity contribution in [3.63, 3.8) is 0 Å². The molecule has 0 aromatic carbocycles. The Balaban J connectivity index is 1.34. The second kappa shape index (κ2) is 5.03. The van der Waals surface area contributed by atoms with Gasteiger partial charge in [-0.25, -0.2) is 0 Å². The maximum Gasteiger partial charge on any atom is 0.0621 e. The first-order valence-electron chi connectivity index (χ1n) is 6.86. The molecule has 3 heteroatoms. The predicted molar refractivity (Wildman–Crippen MR) is 62.4 cm³/mol. The summed E-state index contributed by atoms with van der Waals surface area (Å²) in [4.78, 5) is 0. The molecule has 0 spiro atoms. The van der Waals surface area contributed by atoms with Gasteiger partial charge in [0.1, 0.15) is 0 Å². The summed E-state index contributed by atoms with van der Waals surface area (Å²) >= 11 is 0. The Bertz CT molecular complexity index is 228. The molecule has 1 N–H and O–H groups in total. The second-order valence-corrected chi connectivity index (χ2v) is 5.58. The Labute approximate surface area is 97.9 Å². The van der Waals surface area contributed by atoms with Gasteiger partial charge in [0.05, 0.1) is 12.2 Å². The molecule has 3 aliphatic rings. The van der Waals surface area contributed by atoms with E-state index >= 15 is 0 Å². The number of ether oxygens (including phenoxy) is 2. The van der Waals surface area contributed by atoms with Crippen molar-refractivity contribution in [2.24, 2.45) is 11.8 Å². The largest absolute Gasteiger partial charge is 0.381 e. The highest BCUT2D eigenvalue weighted by Crippen LogP contribution is 2.38. The zero-order valence-corrected chi connectivity index (χ0v) is 9.99. The Morgan fingerprint density at radius 1 is 1.00 bits per heavy atom. The summed E-state index contributed by atoms with van der Waals surface area (Å²) in [5.41, 5.74) is 0. The SMILES string of the molecule is C1CC(CNCC2CC3CCC2O3)CCO1. The van der Waals surface area contributed by atoms with Crippen LogP contribution in [0.25, 0.3) is 0 Å². The molecule has 0 aliphatic carbocycles. The molecule has 2 bridgehead atoms. The van der Waals surface area contributed by atoms with E-state index in [0.29, 0.717) is 12.2 Å². The average molecular weight is 225 g/mol. The first-order valence-corrected chi connectivity index (χ1v) is 6.86. The van der Waals surface area contributed by atoms with Gasteiger partial charge in [-0.15, -0.1) is 0 Å². The molecular formula is C13H23NO2. The van der Waals surface area contributed by atoms with E-state index in [1.165, 1.54) is 45.2 Å². The second-order valence-electron chi connectivity index (χ2n) is 5.58. The number of fused-ring (bicyclic) bond motifs is 2. The summed E-state index contributed by atoms with van der Waals surface area (Å²) in [5.74, 6) is 1.63. The lowest BCUT2D eigenvalue weighted by molar-refractivity contribution is 0.0650. The summed E-state index contributed by atoms with van der Waals surface area (Å²) in [5, 5.41) is 3.65. The van der Waals surface area contributed by atoms with Gasteiger partial charge in [0.15, 0.2) is 0 Å². The Hall–Kier alpha value is -0.120. The van der Waals surface area contributed by atoms with Crippen molar-refractivity contribution in [2.45, 2.75) is 44.3 Å². The van der Waals surface area contributed by atoms with Crippen LogP contribution in [0, 0.1) is 11.8 Å². The number of nitrogens with one attached hydrogen (secondary N) is 1. The lowest BCUT2D eigenvalue weighted by Crippen LogP contribution is -2.34. The molecular weight excluding hydrogens is 202 g/mol. The fourth-order valence-electron chi connectivity index (χ4n) is 3.38. The molecule has 0 amide bonds. The highest BCUT2D eigenvalue weighted by atomic mass is 16.5. The first kappa shape index (κ1) is 11.0. The fraction of sp³-hybridized carbons (Fsp3) is 1.00. The van der Waals surface area contributed by atoms with Crippen molar-refractivity contribution in [3.8, 4) is 0 Å². The van der Waals surface area contributed by atoms with Crippen molar-refractivity contribution in [1.29, 1.82) is 0 Å². The van der Waals surface area contributed by atoms with Gasteiger partial charge in [0.25, 0.3) is 0 Å². The first-order chi connectivity index (χ1) is 7.92. The highest BCUT2D eigenvalue weighted by Gasteiger charge is 2.40. The zero-order chi connectivity index (χ0) is 10.8. The van der Waals surface area contributed by atoms with Crippen LogP contribution in [0.15, 0.2) is 0 Å². The van der Waals surface area contributed by atoms with Gasteiger partial charge < -0.3 is 14.8 Å². The average Bonchev–Trinajstić information content (AvgIpc) is 2.92. The Kier molecular flexibility index (Phi) is 3.46. The number of hydrogen-bond donors (Lipinski definition) is 1. The molecule has 3 rings (SSSR count). The number of hydrogen-bond acceptors (Lipinski definition) is 3. The van der Waals surface area contributed by atoms with Gasteiger partial charge in [-0.05, 0) is 44.6 Å². The summed E-state index contributed by atoms with van der Waals surface area (Å²) in [6.45, 7) is 4.27. The van der Waals surface area contributed by atoms with Crippen LogP contribution in [0.1, 0.15) is 32.1 Å². The Morgan fingerprint density at radius 2 is 1.88 bits per heavy atom. The third-order valence-electron chi connectivity index (χ3n) is 4.41. The summed E-state index contributed by atoms with van der Waals surface area (Å²) in [6, 6.07) is 0. The van der Waals surface area contributed by atoms with E-state index in [0.717, 1.165) is 25.0 Å². The monoisotopic (exact) mass is 225 g/mol. The molecule has 3 fully saturated rings. The molecule has 92 valence electrons. The number of rotatable bonds is 4. The minimum Gasteiger partial charge on any atom is -0.381 e. The summed E-state index contributed by atoms with van der Waals surface area (Å²) < 4.78 is 11.2. The third kappa shape index (κ3) is 2.41. The van der Waals surface area contributed by atoms with E-state index in [4.69, 9.17) is 9.47 Å². The molecule has 3 aliphatic heterocycles. The molecule has 0 aromatic heterocycles. The van der Waals surface area contributed by atoms with Gasteiger partial charge in [0, 0.05) is 25.7 Å². The normalized spacial score (nSPS) is 39.4. The van der Waals surface area contributed by atoms with Gasteiger partial charge in [0.2, 0.25) is 0 Å². The van der Waals surface area contributed by atoms with Crippen molar-refractivity contribution in [1.82, 2.24) is 5.32 Å². The molecule has 3 atom stereocenters. The Morgan fingerprint density at radius 3 is 2.56 bits per heavy atom. The van der Waals surface area contributed by atoms with Gasteiger partial charge >= 0.3 is 0 Å². The van der Waals surface area contributed by atoms with Crippen molar-refractivity contribution in [2.75, 3.05) is 26.3 Å². The summed E-state index contributed by atoms with van der Waals surface area (Å²) in [6.07, 6.45) is 7.55. The van der Waals surface area contributed by atoms with Crippen LogP contribution >= 0.6 is 0 Å². The molecule has 3 unspecified atom stereocenters. The predicted octanol–water partition coefficient (Wildman–Crippen LogP) is 1.57. The molecule has 16 heavy (non-hydrogen) atoms.